The Labute approximate surface area is 171 Å². The van der Waals surface area contributed by atoms with Gasteiger partial charge in [0.05, 0.1) is 11.6 Å². The lowest BCUT2D eigenvalue weighted by atomic mass is 9.62. The summed E-state index contributed by atoms with van der Waals surface area (Å²) in [5.41, 5.74) is 1.88. The van der Waals surface area contributed by atoms with Crippen LogP contribution in [-0.2, 0) is 9.59 Å². The first-order valence-electron chi connectivity index (χ1n) is 10.3. The Kier molecular flexibility index (Phi) is 5.58. The highest BCUT2D eigenvalue weighted by Gasteiger charge is 2.70. The molecule has 0 bridgehead atoms. The molecule has 2 amide bonds. The summed E-state index contributed by atoms with van der Waals surface area (Å²) in [5, 5.41) is 0. The molecule has 0 aromatic heterocycles. The van der Waals surface area contributed by atoms with Crippen LogP contribution in [0.3, 0.4) is 0 Å². The normalized spacial score (nSPS) is 26.2. The van der Waals surface area contributed by atoms with Crippen LogP contribution < -0.4 is 4.90 Å². The van der Waals surface area contributed by atoms with Crippen molar-refractivity contribution in [2.24, 2.45) is 5.92 Å². The number of para-hydroxylation sites is 1. The number of hydrogen-bond acceptors (Lipinski definition) is 3. The van der Waals surface area contributed by atoms with E-state index in [1.165, 1.54) is 29.7 Å². The van der Waals surface area contributed by atoms with Gasteiger partial charge in [-0.15, -0.1) is 11.8 Å². The lowest BCUT2D eigenvalue weighted by molar-refractivity contribution is -0.123. The van der Waals surface area contributed by atoms with Crippen LogP contribution in [-0.4, -0.2) is 22.3 Å². The summed E-state index contributed by atoms with van der Waals surface area (Å²) in [5.74, 6) is 0.793. The molecule has 1 aliphatic carbocycles. The minimum atomic E-state index is -0.638. The summed E-state index contributed by atoms with van der Waals surface area (Å²) in [4.78, 5) is 28.3. The third-order valence-corrected chi connectivity index (χ3v) is 7.83. The molecular formula is C24H27NO2S. The number of thioether (sulfide) groups is 1. The maximum atomic E-state index is 13.7. The molecule has 1 heterocycles. The van der Waals surface area contributed by atoms with E-state index in [0.29, 0.717) is 5.69 Å². The minimum Gasteiger partial charge on any atom is -0.274 e. The highest BCUT2D eigenvalue weighted by Crippen LogP contribution is 2.63. The van der Waals surface area contributed by atoms with Crippen LogP contribution in [0.15, 0.2) is 60.7 Å². The summed E-state index contributed by atoms with van der Waals surface area (Å²) in [6.45, 7) is 2.20. The number of carbonyl (C=O) groups is 2. The Morgan fingerprint density at radius 2 is 1.61 bits per heavy atom. The van der Waals surface area contributed by atoms with Gasteiger partial charge in [0.2, 0.25) is 5.91 Å². The molecule has 2 aromatic rings. The lowest BCUT2D eigenvalue weighted by Crippen LogP contribution is -2.54. The molecule has 2 aliphatic rings. The van der Waals surface area contributed by atoms with Crippen molar-refractivity contribution in [2.75, 3.05) is 10.7 Å². The highest BCUT2D eigenvalue weighted by atomic mass is 32.2. The molecule has 2 aromatic carbocycles. The molecule has 2 fully saturated rings. The summed E-state index contributed by atoms with van der Waals surface area (Å²) in [7, 11) is 0. The molecule has 3 atom stereocenters. The fraction of sp³-hybridized carbons (Fsp3) is 0.417. The maximum Gasteiger partial charge on any atom is 0.251 e. The second-order valence-electron chi connectivity index (χ2n) is 7.77. The van der Waals surface area contributed by atoms with E-state index < -0.39 is 4.75 Å². The van der Waals surface area contributed by atoms with Gasteiger partial charge in [-0.05, 0) is 36.3 Å². The predicted molar refractivity (Wildman–Crippen MR) is 116 cm³/mol. The molecule has 0 radical (unpaired) electrons. The fourth-order valence-corrected chi connectivity index (χ4v) is 6.34. The second-order valence-corrected chi connectivity index (χ2v) is 9.14. The Bertz CT molecular complexity index is 838. The molecular weight excluding hydrogens is 366 g/mol. The van der Waals surface area contributed by atoms with Crippen LogP contribution in [0, 0.1) is 5.92 Å². The quantitative estimate of drug-likeness (QED) is 0.444. The predicted octanol–water partition coefficient (Wildman–Crippen LogP) is 5.42. The lowest BCUT2D eigenvalue weighted by Gasteiger charge is -2.48. The summed E-state index contributed by atoms with van der Waals surface area (Å²) in [6, 6.07) is 19.7. The van der Waals surface area contributed by atoms with Crippen molar-refractivity contribution >= 4 is 29.3 Å². The molecule has 4 rings (SSSR count). The van der Waals surface area contributed by atoms with Crippen LogP contribution in [0.1, 0.15) is 50.5 Å². The number of imide groups is 1. The van der Waals surface area contributed by atoms with Gasteiger partial charge in [0.25, 0.3) is 5.91 Å². The Morgan fingerprint density at radius 3 is 2.29 bits per heavy atom. The van der Waals surface area contributed by atoms with Gasteiger partial charge in [-0.25, -0.2) is 4.90 Å². The van der Waals surface area contributed by atoms with Crippen molar-refractivity contribution in [3.05, 3.63) is 66.2 Å². The van der Waals surface area contributed by atoms with Gasteiger partial charge in [0, 0.05) is 5.92 Å². The van der Waals surface area contributed by atoms with E-state index in [4.69, 9.17) is 0 Å². The van der Waals surface area contributed by atoms with Crippen molar-refractivity contribution in [3.63, 3.8) is 0 Å². The van der Waals surface area contributed by atoms with Crippen molar-refractivity contribution in [2.45, 2.75) is 49.7 Å². The Hall–Kier alpha value is -2.07. The van der Waals surface area contributed by atoms with Gasteiger partial charge in [0.15, 0.2) is 0 Å². The minimum absolute atomic E-state index is 0.0192. The number of hydrogen-bond donors (Lipinski definition) is 0. The van der Waals surface area contributed by atoms with E-state index in [1.54, 1.807) is 11.8 Å². The molecule has 1 saturated heterocycles. The first kappa shape index (κ1) is 19.3. The second kappa shape index (κ2) is 8.12. The fourth-order valence-electron chi connectivity index (χ4n) is 4.60. The van der Waals surface area contributed by atoms with Crippen LogP contribution in [0.4, 0.5) is 5.69 Å². The van der Waals surface area contributed by atoms with Crippen molar-refractivity contribution in [1.29, 1.82) is 0 Å². The van der Waals surface area contributed by atoms with Gasteiger partial charge in [-0.1, -0.05) is 74.7 Å². The molecule has 0 N–H and O–H groups in total. The molecule has 0 spiro atoms. The van der Waals surface area contributed by atoms with Gasteiger partial charge >= 0.3 is 0 Å². The van der Waals surface area contributed by atoms with Gasteiger partial charge in [-0.3, -0.25) is 9.59 Å². The molecule has 28 heavy (non-hydrogen) atoms. The van der Waals surface area contributed by atoms with Crippen molar-refractivity contribution in [1.82, 2.24) is 0 Å². The summed E-state index contributed by atoms with van der Waals surface area (Å²) < 4.78 is -0.638. The molecule has 1 aliphatic heterocycles. The standard InChI is InChI=1S/C24H27NO2S/c1-2-3-4-11-16-28-24-20(18-12-7-5-8-13-18)17-21(24)22(26)25(23(24)27)19-14-9-6-10-15-19/h5-10,12-15,20-21H,2-4,11,16-17H2,1H3/t20-,21+,24-/m0/s1. The largest absolute Gasteiger partial charge is 0.274 e. The number of unbranched alkanes of at least 4 members (excludes halogenated alkanes) is 3. The van der Waals surface area contributed by atoms with E-state index in [-0.39, 0.29) is 23.7 Å². The molecule has 4 heteroatoms. The number of nitrogens with zero attached hydrogens (tertiary/aromatic N) is 1. The number of rotatable bonds is 8. The number of benzene rings is 2. The smallest absolute Gasteiger partial charge is 0.251 e. The highest BCUT2D eigenvalue weighted by molar-refractivity contribution is 8.01. The zero-order valence-electron chi connectivity index (χ0n) is 16.3. The maximum absolute atomic E-state index is 13.7. The van der Waals surface area contributed by atoms with E-state index in [1.807, 2.05) is 48.5 Å². The first-order chi connectivity index (χ1) is 13.7. The van der Waals surface area contributed by atoms with Crippen LogP contribution in [0.5, 0.6) is 0 Å². The van der Waals surface area contributed by atoms with Crippen LogP contribution in [0.2, 0.25) is 0 Å². The van der Waals surface area contributed by atoms with Crippen molar-refractivity contribution in [3.8, 4) is 0 Å². The van der Waals surface area contributed by atoms with Gasteiger partial charge in [-0.2, -0.15) is 0 Å². The number of fused-ring (bicyclic) bond motifs is 1. The Balaban J connectivity index is 1.64. The zero-order chi connectivity index (χ0) is 19.6. The molecule has 1 saturated carbocycles. The summed E-state index contributed by atoms with van der Waals surface area (Å²) >= 11 is 1.73. The third kappa shape index (κ3) is 3.08. The topological polar surface area (TPSA) is 37.4 Å². The summed E-state index contributed by atoms with van der Waals surface area (Å²) in [6.07, 6.45) is 5.47. The van der Waals surface area contributed by atoms with E-state index in [9.17, 15) is 9.59 Å². The van der Waals surface area contributed by atoms with Gasteiger partial charge in [0.1, 0.15) is 4.75 Å². The Morgan fingerprint density at radius 1 is 0.929 bits per heavy atom. The average molecular weight is 394 g/mol. The zero-order valence-corrected chi connectivity index (χ0v) is 17.2. The molecule has 3 nitrogen and oxygen atoms in total. The first-order valence-corrected chi connectivity index (χ1v) is 11.3. The van der Waals surface area contributed by atoms with Crippen LogP contribution in [0.25, 0.3) is 0 Å². The third-order valence-electron chi connectivity index (χ3n) is 6.12. The molecule has 146 valence electrons. The molecule has 0 unspecified atom stereocenters. The number of anilines is 1. The monoisotopic (exact) mass is 393 g/mol. The average Bonchev–Trinajstić information content (AvgIpc) is 2.86. The SMILES string of the molecule is CCCCCCS[C@]12C(=O)N(c3ccccc3)C(=O)[C@H]1C[C@H]2c1ccccc1. The number of amides is 2. The van der Waals surface area contributed by atoms with E-state index in [2.05, 4.69) is 19.1 Å². The van der Waals surface area contributed by atoms with Crippen molar-refractivity contribution < 1.29 is 9.59 Å². The number of carbonyl (C=O) groups excluding carboxylic acids is 2. The van der Waals surface area contributed by atoms with Gasteiger partial charge < -0.3 is 0 Å². The van der Waals surface area contributed by atoms with Crippen LogP contribution >= 0.6 is 11.8 Å². The van der Waals surface area contributed by atoms with E-state index >= 15 is 0 Å². The van der Waals surface area contributed by atoms with E-state index in [0.717, 1.165) is 18.6 Å².